The molecule has 1 aromatic heterocycles. The maximum atomic E-state index is 12.9. The summed E-state index contributed by atoms with van der Waals surface area (Å²) >= 11 is 13.1. The molecule has 0 bridgehead atoms. The van der Waals surface area contributed by atoms with Crippen molar-refractivity contribution in [1.29, 1.82) is 0 Å². The molecule has 218 valence electrons. The third kappa shape index (κ3) is 8.22. The van der Waals surface area contributed by atoms with Crippen molar-refractivity contribution in [2.24, 2.45) is 0 Å². The lowest BCUT2D eigenvalue weighted by molar-refractivity contribution is -0.122. The van der Waals surface area contributed by atoms with Gasteiger partial charge in [-0.05, 0) is 55.0 Å². The summed E-state index contributed by atoms with van der Waals surface area (Å²) in [5, 5.41) is 6.87. The minimum atomic E-state index is -0.437. The number of aryl methyl sites for hydroxylation is 1. The van der Waals surface area contributed by atoms with Crippen LogP contribution in [0.15, 0.2) is 72.8 Å². The normalized spacial score (nSPS) is 10.7. The first-order valence-electron chi connectivity index (χ1n) is 12.7. The van der Waals surface area contributed by atoms with Gasteiger partial charge < -0.3 is 20.3 Å². The monoisotopic (exact) mass is 626 g/mol. The highest BCUT2D eigenvalue weighted by Crippen LogP contribution is 2.35. The summed E-state index contributed by atoms with van der Waals surface area (Å²) in [5.41, 5.74) is 3.96. The van der Waals surface area contributed by atoms with E-state index in [1.54, 1.807) is 49.5 Å². The second-order valence-electron chi connectivity index (χ2n) is 9.24. The molecule has 0 fully saturated rings. The molecule has 0 aliphatic rings. The standard InChI is InChI=1S/C31H28Cl2N4O4.ClH/c1-19-7-11-22-5-4-6-27(31(22)35-19)41-18-24-25(32)14-15-26(30(24)33)37(3)29(40)17-34-28(39)16-10-21-8-12-23(13-9-21)36-20(2)38;/h4-16H,17-18H2,1-3H3,(H,34,39)(H,36,38);1H. The second-order valence-corrected chi connectivity index (χ2v) is 10.0. The van der Waals surface area contributed by atoms with Gasteiger partial charge in [0.15, 0.2) is 0 Å². The molecule has 3 amide bonds. The largest absolute Gasteiger partial charge is 0.487 e. The molecular weight excluding hydrogens is 599 g/mol. The Bertz CT molecular complexity index is 1640. The van der Waals surface area contributed by atoms with Gasteiger partial charge in [-0.15, -0.1) is 12.4 Å². The maximum Gasteiger partial charge on any atom is 0.246 e. The third-order valence-corrected chi connectivity index (χ3v) is 6.94. The van der Waals surface area contributed by atoms with Crippen molar-refractivity contribution in [1.82, 2.24) is 10.3 Å². The minimum Gasteiger partial charge on any atom is -0.487 e. The third-order valence-electron chi connectivity index (χ3n) is 6.17. The number of benzene rings is 3. The smallest absolute Gasteiger partial charge is 0.246 e. The number of carbonyl (C=O) groups excluding carboxylic acids is 3. The van der Waals surface area contributed by atoms with Gasteiger partial charge >= 0.3 is 0 Å². The van der Waals surface area contributed by atoms with Crippen molar-refractivity contribution in [3.63, 3.8) is 0 Å². The van der Waals surface area contributed by atoms with Crippen LogP contribution in [0.5, 0.6) is 5.75 Å². The van der Waals surface area contributed by atoms with Gasteiger partial charge in [-0.1, -0.05) is 53.5 Å². The van der Waals surface area contributed by atoms with Crippen molar-refractivity contribution in [3.8, 4) is 5.75 Å². The number of hydrogen-bond donors (Lipinski definition) is 2. The highest BCUT2D eigenvalue weighted by atomic mass is 35.5. The summed E-state index contributed by atoms with van der Waals surface area (Å²) in [6.45, 7) is 3.16. The van der Waals surface area contributed by atoms with E-state index in [9.17, 15) is 14.4 Å². The Labute approximate surface area is 260 Å². The predicted octanol–water partition coefficient (Wildman–Crippen LogP) is 6.60. The zero-order valence-corrected chi connectivity index (χ0v) is 25.4. The Morgan fingerprint density at radius 3 is 2.45 bits per heavy atom. The van der Waals surface area contributed by atoms with Crippen LogP contribution in [0.4, 0.5) is 11.4 Å². The van der Waals surface area contributed by atoms with Crippen LogP contribution < -0.4 is 20.3 Å². The fourth-order valence-corrected chi connectivity index (χ4v) is 4.59. The van der Waals surface area contributed by atoms with Crippen molar-refractivity contribution in [2.45, 2.75) is 20.5 Å². The number of ether oxygens (including phenoxy) is 1. The van der Waals surface area contributed by atoms with Crippen LogP contribution in [0.2, 0.25) is 10.0 Å². The van der Waals surface area contributed by atoms with E-state index >= 15 is 0 Å². The first kappa shape index (κ1) is 32.4. The van der Waals surface area contributed by atoms with Gasteiger partial charge in [0.25, 0.3) is 0 Å². The summed E-state index contributed by atoms with van der Waals surface area (Å²) in [6, 6.07) is 19.8. The van der Waals surface area contributed by atoms with Crippen LogP contribution in [0.25, 0.3) is 17.0 Å². The number of fused-ring (bicyclic) bond motifs is 1. The van der Waals surface area contributed by atoms with Crippen LogP contribution in [0.3, 0.4) is 0 Å². The van der Waals surface area contributed by atoms with E-state index < -0.39 is 5.91 Å². The minimum absolute atomic E-state index is 0. The molecule has 4 aromatic rings. The molecule has 1 heterocycles. The predicted molar refractivity (Wildman–Crippen MR) is 171 cm³/mol. The molecular formula is C31H29Cl3N4O4. The van der Waals surface area contributed by atoms with Crippen LogP contribution in [0.1, 0.15) is 23.7 Å². The molecule has 42 heavy (non-hydrogen) atoms. The van der Waals surface area contributed by atoms with E-state index in [0.717, 1.165) is 22.2 Å². The first-order valence-corrected chi connectivity index (χ1v) is 13.4. The van der Waals surface area contributed by atoms with Crippen LogP contribution in [-0.4, -0.2) is 36.3 Å². The summed E-state index contributed by atoms with van der Waals surface area (Å²) in [4.78, 5) is 42.2. The Balaban J connectivity index is 0.00000484. The van der Waals surface area contributed by atoms with E-state index in [1.807, 2.05) is 37.3 Å². The van der Waals surface area contributed by atoms with Gasteiger partial charge in [-0.3, -0.25) is 14.4 Å². The molecule has 0 saturated heterocycles. The molecule has 11 heteroatoms. The summed E-state index contributed by atoms with van der Waals surface area (Å²) in [7, 11) is 1.57. The highest BCUT2D eigenvalue weighted by Gasteiger charge is 2.19. The van der Waals surface area contributed by atoms with Crippen molar-refractivity contribution < 1.29 is 19.1 Å². The molecule has 3 aromatic carbocycles. The number of carbonyl (C=O) groups is 3. The van der Waals surface area contributed by atoms with E-state index in [2.05, 4.69) is 15.6 Å². The van der Waals surface area contributed by atoms with Crippen LogP contribution >= 0.6 is 35.6 Å². The van der Waals surface area contributed by atoms with Gasteiger partial charge in [0.1, 0.15) is 17.9 Å². The van der Waals surface area contributed by atoms with Gasteiger partial charge in [-0.25, -0.2) is 4.98 Å². The van der Waals surface area contributed by atoms with Crippen molar-refractivity contribution >= 4 is 81.7 Å². The number of likely N-dealkylation sites (N-methyl/N-ethyl adjacent to an activating group) is 1. The maximum absolute atomic E-state index is 12.9. The number of hydrogen-bond acceptors (Lipinski definition) is 5. The quantitative estimate of drug-likeness (QED) is 0.204. The number of pyridine rings is 1. The van der Waals surface area contributed by atoms with E-state index in [0.29, 0.717) is 27.7 Å². The number of anilines is 2. The zero-order chi connectivity index (χ0) is 29.5. The molecule has 0 spiro atoms. The summed E-state index contributed by atoms with van der Waals surface area (Å²) in [5.74, 6) is -0.392. The van der Waals surface area contributed by atoms with E-state index in [1.165, 1.54) is 17.9 Å². The van der Waals surface area contributed by atoms with Crippen LogP contribution in [0, 0.1) is 6.92 Å². The van der Waals surface area contributed by atoms with E-state index in [-0.39, 0.29) is 42.4 Å². The average Bonchev–Trinajstić information content (AvgIpc) is 2.95. The molecule has 0 atom stereocenters. The molecule has 0 unspecified atom stereocenters. The molecule has 8 nitrogen and oxygen atoms in total. The topological polar surface area (TPSA) is 101 Å². The lowest BCUT2D eigenvalue weighted by atomic mass is 10.1. The molecule has 0 radical (unpaired) electrons. The number of rotatable bonds is 9. The summed E-state index contributed by atoms with van der Waals surface area (Å²) in [6.07, 6.45) is 2.94. The number of nitrogens with zero attached hydrogens (tertiary/aromatic N) is 2. The van der Waals surface area contributed by atoms with Gasteiger partial charge in [0, 0.05) is 47.4 Å². The second kappa shape index (κ2) is 14.7. The number of amides is 3. The first-order chi connectivity index (χ1) is 19.6. The molecule has 0 aliphatic heterocycles. The molecule has 0 aliphatic carbocycles. The number of para-hydroxylation sites is 1. The molecule has 2 N–H and O–H groups in total. The zero-order valence-electron chi connectivity index (χ0n) is 23.1. The molecule has 4 rings (SSSR count). The summed E-state index contributed by atoms with van der Waals surface area (Å²) < 4.78 is 6.06. The van der Waals surface area contributed by atoms with Gasteiger partial charge in [0.2, 0.25) is 17.7 Å². The van der Waals surface area contributed by atoms with E-state index in [4.69, 9.17) is 27.9 Å². The highest BCUT2D eigenvalue weighted by molar-refractivity contribution is 6.38. The van der Waals surface area contributed by atoms with Crippen molar-refractivity contribution in [2.75, 3.05) is 23.8 Å². The lowest BCUT2D eigenvalue weighted by Gasteiger charge is -2.21. The number of nitrogens with one attached hydrogen (secondary N) is 2. The lowest BCUT2D eigenvalue weighted by Crippen LogP contribution is -2.37. The number of aromatic nitrogens is 1. The Kier molecular flexibility index (Phi) is 11.3. The molecule has 0 saturated carbocycles. The Hall–Kier alpha value is -4.11. The van der Waals surface area contributed by atoms with Gasteiger partial charge in [-0.2, -0.15) is 0 Å². The average molecular weight is 628 g/mol. The fraction of sp³-hybridized carbons (Fsp3) is 0.161. The SMILES string of the molecule is CC(=O)Nc1ccc(C=CC(=O)NCC(=O)N(C)c2ccc(Cl)c(COc3cccc4ccc(C)nc34)c2Cl)cc1.Cl. The van der Waals surface area contributed by atoms with Crippen molar-refractivity contribution in [3.05, 3.63) is 99.7 Å². The van der Waals surface area contributed by atoms with Gasteiger partial charge in [0.05, 0.1) is 17.3 Å². The van der Waals surface area contributed by atoms with Crippen LogP contribution in [-0.2, 0) is 21.0 Å². The number of halogens is 3. The Morgan fingerprint density at radius 2 is 1.74 bits per heavy atom. The fourth-order valence-electron chi connectivity index (χ4n) is 3.99. The Morgan fingerprint density at radius 1 is 1.00 bits per heavy atom.